The third-order valence-electron chi connectivity index (χ3n) is 2.21. The predicted octanol–water partition coefficient (Wildman–Crippen LogP) is 0.720. The number of hydrogen-bond donors (Lipinski definition) is 2. The standard InChI is InChI=1S/C10H5F2N5O/c11-6-2-5(7(12)1-4(6)3-13)8-9(10(14)18)16-17-15-8/h1-2H,(H2,14,18)(H,15,16,17). The van der Waals surface area contributed by atoms with Crippen molar-refractivity contribution in [2.24, 2.45) is 5.73 Å². The van der Waals surface area contributed by atoms with Crippen LogP contribution in [0.5, 0.6) is 0 Å². The SMILES string of the molecule is N#Cc1cc(F)c(-c2n[nH]nc2C(N)=O)cc1F. The second-order valence-electron chi connectivity index (χ2n) is 3.31. The quantitative estimate of drug-likeness (QED) is 0.817. The summed E-state index contributed by atoms with van der Waals surface area (Å²) in [6.45, 7) is 0. The van der Waals surface area contributed by atoms with Gasteiger partial charge >= 0.3 is 0 Å². The Kier molecular flexibility index (Phi) is 2.73. The van der Waals surface area contributed by atoms with Crippen LogP contribution in [0.15, 0.2) is 12.1 Å². The van der Waals surface area contributed by atoms with E-state index in [-0.39, 0.29) is 17.0 Å². The maximum absolute atomic E-state index is 13.7. The van der Waals surface area contributed by atoms with E-state index in [2.05, 4.69) is 15.4 Å². The molecule has 18 heavy (non-hydrogen) atoms. The molecule has 1 aromatic heterocycles. The van der Waals surface area contributed by atoms with Gasteiger partial charge in [0.05, 0.1) is 5.56 Å². The van der Waals surface area contributed by atoms with E-state index >= 15 is 0 Å². The lowest BCUT2D eigenvalue weighted by atomic mass is 10.1. The zero-order valence-corrected chi connectivity index (χ0v) is 8.74. The number of hydrogen-bond acceptors (Lipinski definition) is 4. The molecule has 0 unspecified atom stereocenters. The normalized spacial score (nSPS) is 10.1. The lowest BCUT2D eigenvalue weighted by Gasteiger charge is -2.02. The number of rotatable bonds is 2. The summed E-state index contributed by atoms with van der Waals surface area (Å²) < 4.78 is 27.1. The van der Waals surface area contributed by atoms with Crippen LogP contribution in [-0.4, -0.2) is 21.3 Å². The first-order valence-corrected chi connectivity index (χ1v) is 4.64. The number of amides is 1. The molecule has 0 radical (unpaired) electrons. The highest BCUT2D eigenvalue weighted by Gasteiger charge is 2.20. The largest absolute Gasteiger partial charge is 0.364 e. The fourth-order valence-corrected chi connectivity index (χ4v) is 1.40. The smallest absolute Gasteiger partial charge is 0.271 e. The minimum Gasteiger partial charge on any atom is -0.364 e. The Morgan fingerprint density at radius 3 is 2.67 bits per heavy atom. The first kappa shape index (κ1) is 11.7. The van der Waals surface area contributed by atoms with Gasteiger partial charge in [0.15, 0.2) is 5.69 Å². The van der Waals surface area contributed by atoms with E-state index in [1.54, 1.807) is 0 Å². The fraction of sp³-hybridized carbons (Fsp3) is 0. The lowest BCUT2D eigenvalue weighted by molar-refractivity contribution is 0.0996. The van der Waals surface area contributed by atoms with Gasteiger partial charge in [-0.15, -0.1) is 0 Å². The second kappa shape index (κ2) is 4.21. The predicted molar refractivity (Wildman–Crippen MR) is 55.0 cm³/mol. The summed E-state index contributed by atoms with van der Waals surface area (Å²) in [7, 11) is 0. The Morgan fingerprint density at radius 1 is 1.33 bits per heavy atom. The van der Waals surface area contributed by atoms with Crippen LogP contribution in [0.1, 0.15) is 16.1 Å². The molecule has 0 fully saturated rings. The summed E-state index contributed by atoms with van der Waals surface area (Å²) in [4.78, 5) is 11.0. The van der Waals surface area contributed by atoms with Crippen LogP contribution in [0.4, 0.5) is 8.78 Å². The second-order valence-corrected chi connectivity index (χ2v) is 3.31. The van der Waals surface area contributed by atoms with E-state index in [1.807, 2.05) is 0 Å². The molecule has 0 atom stereocenters. The van der Waals surface area contributed by atoms with Crippen molar-refractivity contribution >= 4 is 5.91 Å². The number of H-pyrrole nitrogens is 1. The molecule has 0 spiro atoms. The number of aromatic amines is 1. The topological polar surface area (TPSA) is 108 Å². The number of nitrogens with two attached hydrogens (primary N) is 1. The van der Waals surface area contributed by atoms with Gasteiger partial charge in [-0.3, -0.25) is 4.79 Å². The zero-order chi connectivity index (χ0) is 13.3. The number of aromatic nitrogens is 3. The van der Waals surface area contributed by atoms with E-state index in [1.165, 1.54) is 6.07 Å². The molecule has 2 rings (SSSR count). The fourth-order valence-electron chi connectivity index (χ4n) is 1.40. The number of nitriles is 1. The van der Waals surface area contributed by atoms with Gasteiger partial charge in [-0.25, -0.2) is 8.78 Å². The average molecular weight is 249 g/mol. The van der Waals surface area contributed by atoms with Gasteiger partial charge in [0.25, 0.3) is 5.91 Å². The van der Waals surface area contributed by atoms with E-state index in [0.717, 1.165) is 6.07 Å². The summed E-state index contributed by atoms with van der Waals surface area (Å²) in [5.41, 5.74) is 3.76. The Balaban J connectivity index is 2.65. The third kappa shape index (κ3) is 1.78. The molecule has 0 aliphatic carbocycles. The molecule has 0 saturated carbocycles. The molecule has 1 heterocycles. The first-order valence-electron chi connectivity index (χ1n) is 4.64. The van der Waals surface area contributed by atoms with Crippen LogP contribution in [0.2, 0.25) is 0 Å². The van der Waals surface area contributed by atoms with Gasteiger partial charge in [0, 0.05) is 5.56 Å². The Hall–Kier alpha value is -2.82. The summed E-state index contributed by atoms with van der Waals surface area (Å²) >= 11 is 0. The molecule has 1 amide bonds. The van der Waals surface area contributed by atoms with Crippen molar-refractivity contribution in [3.8, 4) is 17.3 Å². The van der Waals surface area contributed by atoms with Crippen LogP contribution in [0.3, 0.4) is 0 Å². The number of nitrogens with one attached hydrogen (secondary N) is 1. The van der Waals surface area contributed by atoms with E-state index in [0.29, 0.717) is 6.07 Å². The average Bonchev–Trinajstić information content (AvgIpc) is 2.80. The van der Waals surface area contributed by atoms with Gasteiger partial charge in [-0.2, -0.15) is 20.7 Å². The Morgan fingerprint density at radius 2 is 2.06 bits per heavy atom. The number of halogens is 2. The molecule has 0 bridgehead atoms. The molecule has 6 nitrogen and oxygen atoms in total. The molecule has 90 valence electrons. The molecule has 8 heteroatoms. The number of nitrogens with zero attached hydrogens (tertiary/aromatic N) is 3. The summed E-state index contributed by atoms with van der Waals surface area (Å²) in [5, 5.41) is 17.6. The van der Waals surface area contributed by atoms with Crippen molar-refractivity contribution in [3.63, 3.8) is 0 Å². The Bertz CT molecular complexity index is 673. The minimum absolute atomic E-state index is 0.205. The molecule has 3 N–H and O–H groups in total. The molecular weight excluding hydrogens is 244 g/mol. The molecule has 0 aliphatic heterocycles. The molecule has 1 aromatic carbocycles. The lowest BCUT2D eigenvalue weighted by Crippen LogP contribution is -2.13. The molecular formula is C10H5F2N5O. The highest BCUT2D eigenvalue weighted by molar-refractivity contribution is 5.96. The first-order chi connectivity index (χ1) is 8.54. The van der Waals surface area contributed by atoms with E-state index in [4.69, 9.17) is 11.0 Å². The summed E-state index contributed by atoms with van der Waals surface area (Å²) in [5.74, 6) is -2.75. The van der Waals surface area contributed by atoms with Crippen LogP contribution in [0, 0.1) is 23.0 Å². The Labute approximate surface area is 99.0 Å². The molecule has 0 aliphatic rings. The van der Waals surface area contributed by atoms with E-state index in [9.17, 15) is 13.6 Å². The highest BCUT2D eigenvalue weighted by Crippen LogP contribution is 2.25. The van der Waals surface area contributed by atoms with Gasteiger partial charge in [-0.05, 0) is 12.1 Å². The minimum atomic E-state index is -0.928. The third-order valence-corrected chi connectivity index (χ3v) is 2.21. The number of carbonyl (C=O) groups excluding carboxylic acids is 1. The maximum atomic E-state index is 13.7. The van der Waals surface area contributed by atoms with Crippen molar-refractivity contribution in [1.82, 2.24) is 15.4 Å². The van der Waals surface area contributed by atoms with Crippen LogP contribution >= 0.6 is 0 Å². The van der Waals surface area contributed by atoms with Crippen molar-refractivity contribution in [2.45, 2.75) is 0 Å². The summed E-state index contributed by atoms with van der Waals surface area (Å²) in [6, 6.07) is 2.97. The van der Waals surface area contributed by atoms with Crippen molar-refractivity contribution in [3.05, 3.63) is 35.0 Å². The number of primary amides is 1. The van der Waals surface area contributed by atoms with Gasteiger partial charge < -0.3 is 5.73 Å². The monoisotopic (exact) mass is 249 g/mol. The highest BCUT2D eigenvalue weighted by atomic mass is 19.1. The number of benzene rings is 1. The van der Waals surface area contributed by atoms with Crippen molar-refractivity contribution in [2.75, 3.05) is 0 Å². The van der Waals surface area contributed by atoms with Gasteiger partial charge in [0.1, 0.15) is 23.4 Å². The van der Waals surface area contributed by atoms with Crippen LogP contribution < -0.4 is 5.73 Å². The molecule has 0 saturated heterocycles. The molecule has 2 aromatic rings. The number of carbonyl (C=O) groups is 1. The van der Waals surface area contributed by atoms with Crippen molar-refractivity contribution < 1.29 is 13.6 Å². The van der Waals surface area contributed by atoms with E-state index < -0.39 is 23.1 Å². The van der Waals surface area contributed by atoms with Gasteiger partial charge in [-0.1, -0.05) is 0 Å². The van der Waals surface area contributed by atoms with Crippen molar-refractivity contribution in [1.29, 1.82) is 5.26 Å². The maximum Gasteiger partial charge on any atom is 0.271 e. The van der Waals surface area contributed by atoms with Gasteiger partial charge in [0.2, 0.25) is 0 Å². The summed E-state index contributed by atoms with van der Waals surface area (Å²) in [6.07, 6.45) is 0. The van der Waals surface area contributed by atoms with Crippen LogP contribution in [-0.2, 0) is 0 Å². The zero-order valence-electron chi connectivity index (χ0n) is 8.74. The van der Waals surface area contributed by atoms with Crippen LogP contribution in [0.25, 0.3) is 11.3 Å².